The number of aryl methyl sites for hydroxylation is 1. The van der Waals surface area contributed by atoms with Crippen LogP contribution in [0.15, 0.2) is 72.5 Å². The fraction of sp³-hybridized carbons (Fsp3) is 0.424. The maximum absolute atomic E-state index is 16.0. The van der Waals surface area contributed by atoms with Gasteiger partial charge in [0.15, 0.2) is 11.5 Å². The third kappa shape index (κ3) is 12.0. The second kappa shape index (κ2) is 25.8. The Kier molecular flexibility index (Phi) is 18.6. The first kappa shape index (κ1) is 58.5. The molecule has 5 aliphatic rings. The highest BCUT2D eigenvalue weighted by Crippen LogP contribution is 2.55. The van der Waals surface area contributed by atoms with Gasteiger partial charge in [-0.2, -0.15) is 15.1 Å². The highest BCUT2D eigenvalue weighted by Gasteiger charge is 2.50. The first-order chi connectivity index (χ1) is 38.9. The summed E-state index contributed by atoms with van der Waals surface area (Å²) in [5, 5.41) is 23.6. The summed E-state index contributed by atoms with van der Waals surface area (Å²) in [5.41, 5.74) is 15.3. The Bertz CT molecular complexity index is 3390. The van der Waals surface area contributed by atoms with Gasteiger partial charge in [0.1, 0.15) is 49.1 Å². The van der Waals surface area contributed by atoms with Crippen LogP contribution in [0.1, 0.15) is 87.7 Å². The molecule has 4 fully saturated rings. The molecule has 7 aromatic rings. The van der Waals surface area contributed by atoms with E-state index < -0.39 is 11.9 Å². The number of halogens is 2. The lowest BCUT2D eigenvalue weighted by molar-refractivity contribution is -0.139. The molecule has 430 valence electrons. The van der Waals surface area contributed by atoms with Gasteiger partial charge in [-0.3, -0.25) is 14.7 Å². The molecular formula is C59H72ClFN12O7S. The number of aliphatic hydroxyl groups is 1. The number of benzene rings is 4. The maximum Gasteiger partial charge on any atom is 0.319 e. The number of aromatic nitrogens is 5. The average Bonchev–Trinajstić information content (AvgIpc) is 2.92. The normalized spacial score (nSPS) is 19.1. The first-order valence-electron chi connectivity index (χ1n) is 27.2. The molecule has 3 aromatic heterocycles. The molecule has 12 rings (SSSR count). The van der Waals surface area contributed by atoms with Crippen LogP contribution in [0.2, 0.25) is 5.02 Å². The lowest BCUT2D eigenvalue weighted by Gasteiger charge is -2.35. The van der Waals surface area contributed by atoms with Crippen LogP contribution in [-0.4, -0.2) is 129 Å². The quantitative estimate of drug-likeness (QED) is 0.0441. The number of carbonyl (C=O) groups is 2. The topological polar surface area (TPSA) is 244 Å². The van der Waals surface area contributed by atoms with Gasteiger partial charge in [-0.15, -0.1) is 11.3 Å². The predicted octanol–water partition coefficient (Wildman–Crippen LogP) is 8.56. The lowest BCUT2D eigenvalue weighted by Crippen LogP contribution is -2.53. The number of hydrogen-bond donors (Lipinski definition) is 6. The van der Waals surface area contributed by atoms with Crippen molar-refractivity contribution in [2.75, 3.05) is 51.5 Å². The molecule has 4 saturated heterocycles. The van der Waals surface area contributed by atoms with Gasteiger partial charge >= 0.3 is 6.01 Å². The van der Waals surface area contributed by atoms with Crippen molar-refractivity contribution in [3.05, 3.63) is 111 Å². The van der Waals surface area contributed by atoms with Crippen LogP contribution >= 0.6 is 22.9 Å². The second-order valence-electron chi connectivity index (χ2n) is 20.6. The Morgan fingerprint density at radius 1 is 1.05 bits per heavy atom. The standard InChI is InChI=1S/C54H56ClFN12O6S.C3H8.CH4O.CH4/c1-28-37(56)19-39-36(22-62-65-39)44(28)45-47(55)49-46-48(63-54(74-35-13-16-71-17-14-35)64-52(46)68-34-18-40(59-21-34)42(68)26-73-49)50(45)72-25-31-7-9-32(10-8-31)38(57)23-66(58)24-43(69)67-15-3-4-41(67)53(70)60-20-30-5-11-33(12-6-30)51-29(2)61-27-75-51;1-3-2;1-2;/h5-12,19,22-23,27,34-35,40-42,59H,3-4,13-18,20-21,24-26,57-58H2,1-2H3,(H,60,70)(H,62,65);3H2,1-2H3;2H,1H3;1H4/b38-23-;;;/t34?,40-,41?,42?;;;/m0.../s1. The summed E-state index contributed by atoms with van der Waals surface area (Å²) < 4.78 is 41.9. The van der Waals surface area contributed by atoms with E-state index in [1.165, 1.54) is 23.7 Å². The van der Waals surface area contributed by atoms with E-state index in [1.807, 2.05) is 61.0 Å². The number of nitrogens with one attached hydrogen (secondary N) is 3. The predicted molar refractivity (Wildman–Crippen MR) is 314 cm³/mol. The number of thiazole rings is 1. The fourth-order valence-corrected chi connectivity index (χ4v) is 12.5. The Morgan fingerprint density at radius 3 is 2.52 bits per heavy atom. The third-order valence-electron chi connectivity index (χ3n) is 15.2. The van der Waals surface area contributed by atoms with Crippen molar-refractivity contribution in [3.63, 3.8) is 0 Å². The van der Waals surface area contributed by atoms with Gasteiger partial charge < -0.3 is 55.2 Å². The number of nitrogens with two attached hydrogens (primary N) is 2. The summed E-state index contributed by atoms with van der Waals surface area (Å²) in [4.78, 5) is 46.6. The molecule has 8 N–H and O–H groups in total. The molecule has 19 nitrogen and oxygen atoms in total. The number of hydrazine groups is 1. The first-order valence-corrected chi connectivity index (χ1v) is 28.4. The number of likely N-dealkylation sites (tertiary alicyclic amines) is 1. The van der Waals surface area contributed by atoms with Gasteiger partial charge in [0, 0.05) is 74.4 Å². The molecular weight excluding hydrogens is 1080 g/mol. The Morgan fingerprint density at radius 2 is 1.79 bits per heavy atom. The number of carbonyl (C=O) groups excluding carboxylic acids is 2. The van der Waals surface area contributed by atoms with Gasteiger partial charge in [0.2, 0.25) is 11.8 Å². The van der Waals surface area contributed by atoms with Crippen molar-refractivity contribution in [3.8, 4) is 39.1 Å². The number of H-pyrrole nitrogens is 1. The van der Waals surface area contributed by atoms with Crippen LogP contribution in [-0.2, 0) is 27.5 Å². The van der Waals surface area contributed by atoms with Crippen molar-refractivity contribution < 1.29 is 38.0 Å². The van der Waals surface area contributed by atoms with Crippen LogP contribution in [0.25, 0.3) is 49.1 Å². The van der Waals surface area contributed by atoms with E-state index in [2.05, 4.69) is 44.6 Å². The minimum atomic E-state index is -0.602. The Balaban J connectivity index is 0.00000128. The van der Waals surface area contributed by atoms with Gasteiger partial charge in [-0.25, -0.2) is 15.2 Å². The number of piperazine rings is 1. The molecule has 5 aliphatic heterocycles. The summed E-state index contributed by atoms with van der Waals surface area (Å²) in [6, 6.07) is 16.8. The van der Waals surface area contributed by atoms with E-state index >= 15 is 4.39 Å². The lowest BCUT2D eigenvalue weighted by atomic mass is 9.93. The van der Waals surface area contributed by atoms with Crippen LogP contribution < -0.4 is 41.3 Å². The smallest absolute Gasteiger partial charge is 0.319 e. The largest absolute Gasteiger partial charge is 0.489 e. The minimum absolute atomic E-state index is 0. The summed E-state index contributed by atoms with van der Waals surface area (Å²) in [6.07, 6.45) is 7.81. The van der Waals surface area contributed by atoms with E-state index in [1.54, 1.807) is 29.4 Å². The molecule has 2 amide bonds. The summed E-state index contributed by atoms with van der Waals surface area (Å²) in [6.45, 7) is 10.9. The Labute approximate surface area is 480 Å². The molecule has 22 heteroatoms. The van der Waals surface area contributed by atoms with Crippen molar-refractivity contribution >= 4 is 68.1 Å². The zero-order valence-electron chi connectivity index (χ0n) is 45.6. The van der Waals surface area contributed by atoms with E-state index in [0.717, 1.165) is 47.3 Å². The third-order valence-corrected chi connectivity index (χ3v) is 16.5. The number of aromatic amines is 1. The summed E-state index contributed by atoms with van der Waals surface area (Å²) in [5.74, 6) is 6.79. The molecule has 4 atom stereocenters. The van der Waals surface area contributed by atoms with Crippen molar-refractivity contribution in [1.82, 2.24) is 45.7 Å². The monoisotopic (exact) mass is 1150 g/mol. The van der Waals surface area contributed by atoms with Crippen LogP contribution in [0.3, 0.4) is 0 Å². The highest BCUT2D eigenvalue weighted by molar-refractivity contribution is 7.13. The number of ether oxygens (including phenoxy) is 4. The molecule has 0 radical (unpaired) electrons. The van der Waals surface area contributed by atoms with Gasteiger partial charge in [0.05, 0.1) is 63.2 Å². The molecule has 8 heterocycles. The highest BCUT2D eigenvalue weighted by atomic mass is 35.5. The molecule has 81 heavy (non-hydrogen) atoms. The van der Waals surface area contributed by atoms with E-state index in [-0.39, 0.29) is 67.7 Å². The number of fused-ring (bicyclic) bond motifs is 7. The number of anilines is 1. The second-order valence-corrected chi connectivity index (χ2v) is 21.8. The van der Waals surface area contributed by atoms with Crippen molar-refractivity contribution in [1.29, 1.82) is 0 Å². The number of aliphatic hydroxyl groups excluding tert-OH is 1. The minimum Gasteiger partial charge on any atom is -0.489 e. The molecule has 2 bridgehead atoms. The molecule has 3 unspecified atom stereocenters. The summed E-state index contributed by atoms with van der Waals surface area (Å²) >= 11 is 9.18. The number of amides is 2. The van der Waals surface area contributed by atoms with E-state index in [9.17, 15) is 9.59 Å². The molecule has 4 aromatic carbocycles. The number of hydrogen-bond acceptors (Lipinski definition) is 17. The van der Waals surface area contributed by atoms with Crippen molar-refractivity contribution in [2.45, 2.75) is 117 Å². The zero-order chi connectivity index (χ0) is 56.2. The maximum atomic E-state index is 16.0. The molecule has 0 saturated carbocycles. The number of nitrogens with zero attached hydrogens (tertiary/aromatic N) is 7. The van der Waals surface area contributed by atoms with E-state index in [4.69, 9.17) is 57.2 Å². The zero-order valence-corrected chi connectivity index (χ0v) is 47.1. The number of rotatable bonds is 14. The van der Waals surface area contributed by atoms with Crippen LogP contribution in [0.4, 0.5) is 10.2 Å². The van der Waals surface area contributed by atoms with Crippen LogP contribution in [0.5, 0.6) is 17.5 Å². The SMILES string of the molecule is C.CCC.CO.Cc1ncsc1-c1ccc(CNC(=O)C2CCCN2C(=O)CN(N)/C=C(\N)c2ccc(COc3c(-c4c(C)c(F)cc5[nH]ncc45)c(Cl)c4c5c(nc(OC6CCOCC6)nc35)N3C5CN[C@@H](C5)C3CO4)cc2)cc1. The van der Waals surface area contributed by atoms with Gasteiger partial charge in [0.25, 0.3) is 0 Å². The fourth-order valence-electron chi connectivity index (χ4n) is 11.3. The molecule has 0 aliphatic carbocycles. The average molecular weight is 1150 g/mol. The van der Waals surface area contributed by atoms with Gasteiger partial charge in [-0.1, -0.05) is 87.8 Å². The Hall–Kier alpha value is -7.14. The summed E-state index contributed by atoms with van der Waals surface area (Å²) in [7, 11) is 1.00. The molecule has 0 spiro atoms. The van der Waals surface area contributed by atoms with Crippen LogP contribution in [0, 0.1) is 19.7 Å². The van der Waals surface area contributed by atoms with Gasteiger partial charge in [-0.05, 0) is 67.0 Å². The van der Waals surface area contributed by atoms with E-state index in [0.29, 0.717) is 126 Å². The van der Waals surface area contributed by atoms with Crippen molar-refractivity contribution in [2.24, 2.45) is 11.6 Å².